The molecule has 0 unspecified atom stereocenters. The Balaban J connectivity index is 2.92. The number of thiophene rings is 1. The third-order valence-corrected chi connectivity index (χ3v) is 3.47. The molecule has 1 heterocycles. The minimum absolute atomic E-state index is 0.468. The van der Waals surface area contributed by atoms with Crippen LogP contribution in [0.1, 0.15) is 10.4 Å². The summed E-state index contributed by atoms with van der Waals surface area (Å²) in [4.78, 5) is 11.3. The lowest BCUT2D eigenvalue weighted by molar-refractivity contribution is 0.112. The highest BCUT2D eigenvalue weighted by molar-refractivity contribution is 7.80. The molecule has 0 aliphatic carbocycles. The first-order chi connectivity index (χ1) is 6.24. The Morgan fingerprint density at radius 3 is 3.00 bits per heavy atom. The van der Waals surface area contributed by atoms with Crippen molar-refractivity contribution < 1.29 is 4.79 Å². The fourth-order valence-corrected chi connectivity index (χ4v) is 2.83. The van der Waals surface area contributed by atoms with Crippen molar-refractivity contribution in [3.8, 4) is 0 Å². The molecule has 4 heteroatoms. The molecular weight excluding hydrogens is 224 g/mol. The van der Waals surface area contributed by atoms with Crippen LogP contribution in [-0.2, 0) is 0 Å². The van der Waals surface area contributed by atoms with Crippen molar-refractivity contribution in [1.82, 2.24) is 0 Å². The molecule has 0 spiro atoms. The summed E-state index contributed by atoms with van der Waals surface area (Å²) < 4.78 is 1.06. The summed E-state index contributed by atoms with van der Waals surface area (Å²) in [6.07, 6.45) is 0.738. The number of thiol groups is 1. The molecule has 13 heavy (non-hydrogen) atoms. The normalized spacial score (nSPS) is 10.6. The highest BCUT2D eigenvalue weighted by Crippen LogP contribution is 2.33. The number of rotatable bonds is 1. The van der Waals surface area contributed by atoms with Gasteiger partial charge in [-0.15, -0.1) is 24.0 Å². The number of carbonyl (C=O) groups excluding carboxylic acids is 1. The molecule has 0 saturated heterocycles. The Morgan fingerprint density at radius 2 is 2.31 bits per heavy atom. The van der Waals surface area contributed by atoms with Gasteiger partial charge < -0.3 is 0 Å². The SMILES string of the molecule is O=Cc1c(S)cc2sccc2c1Cl. The lowest BCUT2D eigenvalue weighted by Crippen LogP contribution is -1.84. The molecule has 0 radical (unpaired) electrons. The van der Waals surface area contributed by atoms with Crippen molar-refractivity contribution in [3.05, 3.63) is 28.1 Å². The summed E-state index contributed by atoms with van der Waals surface area (Å²) in [5.41, 5.74) is 0.468. The fourth-order valence-electron chi connectivity index (χ4n) is 1.19. The van der Waals surface area contributed by atoms with Crippen LogP contribution in [0.4, 0.5) is 0 Å². The molecule has 66 valence electrons. The molecule has 0 N–H and O–H groups in total. The van der Waals surface area contributed by atoms with Gasteiger partial charge in [-0.1, -0.05) is 11.6 Å². The largest absolute Gasteiger partial charge is 0.298 e. The van der Waals surface area contributed by atoms with Gasteiger partial charge in [0.1, 0.15) is 0 Å². The van der Waals surface area contributed by atoms with Crippen LogP contribution < -0.4 is 0 Å². The summed E-state index contributed by atoms with van der Waals surface area (Å²) in [6.45, 7) is 0. The average molecular weight is 229 g/mol. The van der Waals surface area contributed by atoms with Crippen molar-refractivity contribution in [2.45, 2.75) is 4.90 Å². The van der Waals surface area contributed by atoms with Crippen LogP contribution in [0.2, 0.25) is 5.02 Å². The molecule has 0 atom stereocenters. The van der Waals surface area contributed by atoms with E-state index < -0.39 is 0 Å². The number of hydrogen-bond donors (Lipinski definition) is 1. The summed E-state index contributed by atoms with van der Waals surface area (Å²) >= 11 is 11.8. The van der Waals surface area contributed by atoms with E-state index in [9.17, 15) is 4.79 Å². The van der Waals surface area contributed by atoms with E-state index in [1.54, 1.807) is 11.3 Å². The minimum atomic E-state index is 0.468. The number of benzene rings is 1. The van der Waals surface area contributed by atoms with Crippen LogP contribution in [0.25, 0.3) is 10.1 Å². The number of aldehydes is 1. The van der Waals surface area contributed by atoms with E-state index in [4.69, 9.17) is 11.6 Å². The Bertz CT molecular complexity index is 476. The first-order valence-electron chi connectivity index (χ1n) is 3.58. The van der Waals surface area contributed by atoms with Crippen LogP contribution in [-0.4, -0.2) is 6.29 Å². The molecule has 2 rings (SSSR count). The average Bonchev–Trinajstić information content (AvgIpc) is 2.53. The van der Waals surface area contributed by atoms with Gasteiger partial charge in [0.25, 0.3) is 0 Å². The topological polar surface area (TPSA) is 17.1 Å². The molecular formula is C9H5ClOS2. The van der Waals surface area contributed by atoms with Crippen LogP contribution in [0.15, 0.2) is 22.4 Å². The van der Waals surface area contributed by atoms with E-state index >= 15 is 0 Å². The molecule has 0 fully saturated rings. The maximum absolute atomic E-state index is 10.7. The van der Waals surface area contributed by atoms with Gasteiger partial charge in [0.15, 0.2) is 6.29 Å². The highest BCUT2D eigenvalue weighted by Gasteiger charge is 2.09. The fraction of sp³-hybridized carbons (Fsp3) is 0. The number of carbonyl (C=O) groups is 1. The number of hydrogen-bond acceptors (Lipinski definition) is 3. The summed E-state index contributed by atoms with van der Waals surface area (Å²) in [5, 5.41) is 3.36. The second-order valence-corrected chi connectivity index (χ2v) is 4.38. The number of halogens is 1. The Labute approximate surface area is 89.7 Å². The van der Waals surface area contributed by atoms with Crippen molar-refractivity contribution in [1.29, 1.82) is 0 Å². The van der Waals surface area contributed by atoms with Crippen LogP contribution >= 0.6 is 35.6 Å². The van der Waals surface area contributed by atoms with Gasteiger partial charge in [-0.2, -0.15) is 0 Å². The van der Waals surface area contributed by atoms with E-state index in [0.29, 0.717) is 15.5 Å². The van der Waals surface area contributed by atoms with Gasteiger partial charge in [0.2, 0.25) is 0 Å². The minimum Gasteiger partial charge on any atom is -0.298 e. The van der Waals surface area contributed by atoms with Crippen LogP contribution in [0.3, 0.4) is 0 Å². The van der Waals surface area contributed by atoms with Crippen molar-refractivity contribution >= 4 is 51.9 Å². The summed E-state index contributed by atoms with van der Waals surface area (Å²) in [7, 11) is 0. The molecule has 1 aromatic carbocycles. The standard InChI is InChI=1S/C9H5ClOS2/c10-9-5-1-2-13-8(5)3-7(12)6(9)4-11/h1-4,12H. The molecule has 2 aromatic rings. The zero-order valence-electron chi connectivity index (χ0n) is 6.45. The molecule has 0 aliphatic heterocycles. The molecule has 0 aliphatic rings. The first kappa shape index (κ1) is 9.06. The van der Waals surface area contributed by atoms with E-state index in [1.165, 1.54) is 0 Å². The predicted octanol–water partition coefficient (Wildman–Crippen LogP) is 3.66. The van der Waals surface area contributed by atoms with Gasteiger partial charge in [-0.3, -0.25) is 4.79 Å². The van der Waals surface area contributed by atoms with E-state index in [-0.39, 0.29) is 0 Å². The van der Waals surface area contributed by atoms with Crippen LogP contribution in [0.5, 0.6) is 0 Å². The molecule has 1 nitrogen and oxygen atoms in total. The lowest BCUT2D eigenvalue weighted by Gasteiger charge is -2.01. The molecule has 0 amide bonds. The second-order valence-electron chi connectivity index (χ2n) is 2.57. The van der Waals surface area contributed by atoms with Crippen molar-refractivity contribution in [2.24, 2.45) is 0 Å². The first-order valence-corrected chi connectivity index (χ1v) is 5.28. The Hall–Kier alpha value is -0.510. The van der Waals surface area contributed by atoms with Crippen molar-refractivity contribution in [2.75, 3.05) is 0 Å². The molecule has 0 saturated carbocycles. The molecule has 0 bridgehead atoms. The highest BCUT2D eigenvalue weighted by atomic mass is 35.5. The summed E-state index contributed by atoms with van der Waals surface area (Å²) in [5.74, 6) is 0. The quantitative estimate of drug-likeness (QED) is 0.582. The zero-order valence-corrected chi connectivity index (χ0v) is 8.92. The molecule has 1 aromatic heterocycles. The maximum Gasteiger partial charge on any atom is 0.152 e. The smallest absolute Gasteiger partial charge is 0.152 e. The Kier molecular flexibility index (Phi) is 2.32. The zero-order chi connectivity index (χ0) is 9.42. The van der Waals surface area contributed by atoms with Crippen LogP contribution in [0, 0.1) is 0 Å². The lowest BCUT2D eigenvalue weighted by atomic mass is 10.2. The van der Waals surface area contributed by atoms with Gasteiger partial charge >= 0.3 is 0 Å². The second kappa shape index (κ2) is 3.33. The third kappa shape index (κ3) is 1.37. The van der Waals surface area contributed by atoms with E-state index in [0.717, 1.165) is 16.4 Å². The van der Waals surface area contributed by atoms with Gasteiger partial charge in [0, 0.05) is 20.5 Å². The maximum atomic E-state index is 10.7. The van der Waals surface area contributed by atoms with Gasteiger partial charge in [-0.25, -0.2) is 0 Å². The monoisotopic (exact) mass is 228 g/mol. The third-order valence-electron chi connectivity index (χ3n) is 1.83. The van der Waals surface area contributed by atoms with Gasteiger partial charge in [0.05, 0.1) is 5.02 Å². The van der Waals surface area contributed by atoms with Crippen molar-refractivity contribution in [3.63, 3.8) is 0 Å². The van der Waals surface area contributed by atoms with E-state index in [2.05, 4.69) is 12.6 Å². The predicted molar refractivity (Wildman–Crippen MR) is 59.5 cm³/mol. The Morgan fingerprint density at radius 1 is 1.54 bits per heavy atom. The van der Waals surface area contributed by atoms with Gasteiger partial charge in [-0.05, 0) is 17.5 Å². The number of fused-ring (bicyclic) bond motifs is 1. The van der Waals surface area contributed by atoms with E-state index in [1.807, 2.05) is 17.5 Å². The summed E-state index contributed by atoms with van der Waals surface area (Å²) in [6, 6.07) is 3.77.